The van der Waals surface area contributed by atoms with Crippen molar-refractivity contribution < 1.29 is 14.3 Å². The highest BCUT2D eigenvalue weighted by molar-refractivity contribution is 5.91. The third-order valence-electron chi connectivity index (χ3n) is 2.46. The molecule has 106 valence electrons. The molecule has 1 aromatic rings. The average Bonchev–Trinajstić information content (AvgIpc) is 2.36. The number of ether oxygens (including phenoxy) is 2. The van der Waals surface area contributed by atoms with Crippen LogP contribution in [0.3, 0.4) is 0 Å². The summed E-state index contributed by atoms with van der Waals surface area (Å²) in [6.07, 6.45) is 0.311. The summed E-state index contributed by atoms with van der Waals surface area (Å²) in [4.78, 5) is 11.7. The molecule has 0 fully saturated rings. The molecule has 0 saturated heterocycles. The number of carbonyl (C=O) groups is 1. The summed E-state index contributed by atoms with van der Waals surface area (Å²) >= 11 is 0. The molecule has 1 aromatic carbocycles. The molecule has 19 heavy (non-hydrogen) atoms. The molecule has 1 amide bonds. The molecular formula is C14H22N2O3. The molecule has 1 rings (SSSR count). The van der Waals surface area contributed by atoms with Crippen molar-refractivity contribution in [1.29, 1.82) is 0 Å². The third kappa shape index (κ3) is 6.79. The lowest BCUT2D eigenvalue weighted by molar-refractivity contribution is -0.118. The first-order valence-electron chi connectivity index (χ1n) is 6.46. The predicted molar refractivity (Wildman–Crippen MR) is 76.0 cm³/mol. The maximum Gasteiger partial charge on any atom is 0.226 e. The minimum absolute atomic E-state index is 0.000111. The van der Waals surface area contributed by atoms with Crippen LogP contribution in [0.2, 0.25) is 0 Å². The summed E-state index contributed by atoms with van der Waals surface area (Å²) in [6.45, 7) is 5.45. The van der Waals surface area contributed by atoms with Gasteiger partial charge in [0.2, 0.25) is 5.91 Å². The molecule has 1 unspecified atom stereocenters. The zero-order chi connectivity index (χ0) is 14.1. The van der Waals surface area contributed by atoms with Gasteiger partial charge < -0.3 is 20.5 Å². The Morgan fingerprint density at radius 1 is 1.47 bits per heavy atom. The van der Waals surface area contributed by atoms with Crippen LogP contribution in [0.4, 0.5) is 11.4 Å². The molecule has 0 aliphatic carbocycles. The third-order valence-corrected chi connectivity index (χ3v) is 2.46. The highest BCUT2D eigenvalue weighted by atomic mass is 16.5. The van der Waals surface area contributed by atoms with E-state index in [-0.39, 0.29) is 12.0 Å². The van der Waals surface area contributed by atoms with Gasteiger partial charge in [0.1, 0.15) is 0 Å². The number of hydrogen-bond acceptors (Lipinski definition) is 4. The predicted octanol–water partition coefficient (Wildman–Crippen LogP) is 2.04. The van der Waals surface area contributed by atoms with Gasteiger partial charge in [-0.2, -0.15) is 0 Å². The van der Waals surface area contributed by atoms with Crippen LogP contribution in [0.5, 0.6) is 0 Å². The van der Waals surface area contributed by atoms with Crippen LogP contribution in [0.1, 0.15) is 20.3 Å². The van der Waals surface area contributed by atoms with E-state index in [0.717, 1.165) is 0 Å². The molecule has 0 bridgehead atoms. The van der Waals surface area contributed by atoms with Crippen molar-refractivity contribution in [3.8, 4) is 0 Å². The van der Waals surface area contributed by atoms with Gasteiger partial charge >= 0.3 is 0 Å². The summed E-state index contributed by atoms with van der Waals surface area (Å²) < 4.78 is 10.7. The van der Waals surface area contributed by atoms with Crippen molar-refractivity contribution in [2.75, 3.05) is 30.9 Å². The van der Waals surface area contributed by atoms with Crippen LogP contribution in [-0.2, 0) is 14.3 Å². The number of benzene rings is 1. The van der Waals surface area contributed by atoms with Gasteiger partial charge in [0, 0.05) is 18.0 Å². The fraction of sp³-hybridized carbons (Fsp3) is 0.500. The molecule has 0 radical (unpaired) electrons. The quantitative estimate of drug-likeness (QED) is 0.706. The molecule has 0 aromatic heterocycles. The minimum Gasteiger partial charge on any atom is -0.399 e. The van der Waals surface area contributed by atoms with Gasteiger partial charge in [-0.3, -0.25) is 4.79 Å². The molecule has 5 nitrogen and oxygen atoms in total. The maximum atomic E-state index is 11.7. The first kappa shape index (κ1) is 15.5. The number of nitrogens with two attached hydrogens (primary N) is 1. The van der Waals surface area contributed by atoms with Crippen molar-refractivity contribution in [3.63, 3.8) is 0 Å². The Morgan fingerprint density at radius 2 is 2.26 bits per heavy atom. The van der Waals surface area contributed by atoms with Crippen molar-refractivity contribution in [2.45, 2.75) is 26.4 Å². The first-order valence-corrected chi connectivity index (χ1v) is 6.46. The normalized spacial score (nSPS) is 12.1. The molecule has 0 saturated carbocycles. The average molecular weight is 266 g/mol. The van der Waals surface area contributed by atoms with E-state index in [1.165, 1.54) is 0 Å². The van der Waals surface area contributed by atoms with E-state index in [2.05, 4.69) is 5.32 Å². The van der Waals surface area contributed by atoms with Gasteiger partial charge in [0.25, 0.3) is 0 Å². The Morgan fingerprint density at radius 3 is 2.95 bits per heavy atom. The van der Waals surface area contributed by atoms with Crippen LogP contribution in [0.15, 0.2) is 24.3 Å². The van der Waals surface area contributed by atoms with Crippen LogP contribution in [0, 0.1) is 0 Å². The largest absolute Gasteiger partial charge is 0.399 e. The number of rotatable bonds is 8. The van der Waals surface area contributed by atoms with Crippen LogP contribution in [0.25, 0.3) is 0 Å². The number of carbonyl (C=O) groups excluding carboxylic acids is 1. The van der Waals surface area contributed by atoms with Gasteiger partial charge in [0.15, 0.2) is 0 Å². The Balaban J connectivity index is 2.21. The molecule has 0 spiro atoms. The summed E-state index contributed by atoms with van der Waals surface area (Å²) in [5.74, 6) is -0.0887. The van der Waals surface area contributed by atoms with E-state index >= 15 is 0 Å². The van der Waals surface area contributed by atoms with Gasteiger partial charge in [-0.15, -0.1) is 0 Å². The topological polar surface area (TPSA) is 73.6 Å². The first-order chi connectivity index (χ1) is 9.11. The van der Waals surface area contributed by atoms with Crippen molar-refractivity contribution in [2.24, 2.45) is 0 Å². The van der Waals surface area contributed by atoms with Crippen LogP contribution < -0.4 is 11.1 Å². The van der Waals surface area contributed by atoms with Crippen molar-refractivity contribution in [3.05, 3.63) is 24.3 Å². The fourth-order valence-corrected chi connectivity index (χ4v) is 1.52. The smallest absolute Gasteiger partial charge is 0.226 e. The second kappa shape index (κ2) is 8.50. The molecular weight excluding hydrogens is 244 g/mol. The standard InChI is InChI=1S/C14H22N2O3/c1-3-18-10-11(2)19-8-7-14(17)16-13-6-4-5-12(15)9-13/h4-6,9,11H,3,7-8,10,15H2,1-2H3,(H,16,17). The second-order valence-corrected chi connectivity index (χ2v) is 4.26. The minimum atomic E-state index is -0.0887. The SMILES string of the molecule is CCOCC(C)OCCC(=O)Nc1cccc(N)c1. The Kier molecular flexibility index (Phi) is 6.92. The number of hydrogen-bond donors (Lipinski definition) is 2. The molecule has 0 aliphatic rings. The monoisotopic (exact) mass is 266 g/mol. The highest BCUT2D eigenvalue weighted by Crippen LogP contribution is 2.11. The number of nitrogen functional groups attached to an aromatic ring is 1. The molecule has 1 atom stereocenters. The Labute approximate surface area is 114 Å². The fourth-order valence-electron chi connectivity index (χ4n) is 1.52. The maximum absolute atomic E-state index is 11.7. The molecule has 0 aliphatic heterocycles. The lowest BCUT2D eigenvalue weighted by Crippen LogP contribution is -2.20. The van der Waals surface area contributed by atoms with Crippen molar-refractivity contribution >= 4 is 17.3 Å². The van der Waals surface area contributed by atoms with E-state index < -0.39 is 0 Å². The zero-order valence-corrected chi connectivity index (χ0v) is 11.5. The summed E-state index contributed by atoms with van der Waals surface area (Å²) in [5, 5.41) is 2.77. The lowest BCUT2D eigenvalue weighted by atomic mass is 10.3. The second-order valence-electron chi connectivity index (χ2n) is 4.26. The van der Waals surface area contributed by atoms with E-state index in [1.807, 2.05) is 13.8 Å². The summed E-state index contributed by atoms with van der Waals surface area (Å²) in [5.41, 5.74) is 6.96. The van der Waals surface area contributed by atoms with Crippen molar-refractivity contribution in [1.82, 2.24) is 0 Å². The summed E-state index contributed by atoms with van der Waals surface area (Å²) in [6, 6.07) is 7.09. The number of nitrogens with one attached hydrogen (secondary N) is 1. The zero-order valence-electron chi connectivity index (χ0n) is 11.5. The Bertz CT molecular complexity index is 396. The lowest BCUT2D eigenvalue weighted by Gasteiger charge is -2.12. The van der Waals surface area contributed by atoms with E-state index in [9.17, 15) is 4.79 Å². The Hall–Kier alpha value is -1.59. The number of amides is 1. The van der Waals surface area contributed by atoms with E-state index in [4.69, 9.17) is 15.2 Å². The van der Waals surface area contributed by atoms with Gasteiger partial charge in [0.05, 0.1) is 25.7 Å². The molecule has 5 heteroatoms. The van der Waals surface area contributed by atoms with Gasteiger partial charge in [-0.05, 0) is 32.0 Å². The highest BCUT2D eigenvalue weighted by Gasteiger charge is 2.06. The van der Waals surface area contributed by atoms with E-state index in [1.54, 1.807) is 24.3 Å². The summed E-state index contributed by atoms with van der Waals surface area (Å²) in [7, 11) is 0. The van der Waals surface area contributed by atoms with Gasteiger partial charge in [-0.1, -0.05) is 6.07 Å². The van der Waals surface area contributed by atoms with Crippen LogP contribution in [-0.4, -0.2) is 31.8 Å². The van der Waals surface area contributed by atoms with Gasteiger partial charge in [-0.25, -0.2) is 0 Å². The molecule has 3 N–H and O–H groups in total. The number of anilines is 2. The van der Waals surface area contributed by atoms with E-state index in [0.29, 0.717) is 37.6 Å². The van der Waals surface area contributed by atoms with Crippen LogP contribution >= 0.6 is 0 Å². The molecule has 0 heterocycles.